The van der Waals surface area contributed by atoms with Crippen LogP contribution in [-0.2, 0) is 11.3 Å². The third-order valence-electron chi connectivity index (χ3n) is 4.52. The standard InChI is InChI=1S/C22H16ClFN4O4/c1-31-16-6-2-13(3-7-16)21-26-22(32-27-21)14-4-9-20(30)28(11-14)12-19(29)25-18-8-5-15(24)10-17(18)23/h2-11H,12H2,1H3,(H,25,29). The van der Waals surface area contributed by atoms with Gasteiger partial charge in [-0.1, -0.05) is 16.8 Å². The van der Waals surface area contributed by atoms with Gasteiger partial charge < -0.3 is 19.1 Å². The minimum Gasteiger partial charge on any atom is -0.497 e. The molecule has 0 aliphatic carbocycles. The third-order valence-corrected chi connectivity index (χ3v) is 4.84. The Labute approximate surface area is 186 Å². The van der Waals surface area contributed by atoms with E-state index in [1.165, 1.54) is 35.0 Å². The van der Waals surface area contributed by atoms with E-state index in [0.717, 1.165) is 11.6 Å². The molecule has 1 N–H and O–H groups in total. The van der Waals surface area contributed by atoms with Crippen molar-refractivity contribution >= 4 is 23.2 Å². The number of hydrogen-bond donors (Lipinski definition) is 1. The molecule has 0 bridgehead atoms. The van der Waals surface area contributed by atoms with Crippen LogP contribution in [0.2, 0.25) is 5.02 Å². The topological polar surface area (TPSA) is 99.3 Å². The van der Waals surface area contributed by atoms with Gasteiger partial charge in [0.1, 0.15) is 18.1 Å². The van der Waals surface area contributed by atoms with Crippen LogP contribution in [0.5, 0.6) is 5.75 Å². The molecule has 0 unspecified atom stereocenters. The Kier molecular flexibility index (Phi) is 6.00. The normalized spacial score (nSPS) is 10.7. The molecule has 0 saturated heterocycles. The predicted octanol–water partition coefficient (Wildman–Crippen LogP) is 4.01. The van der Waals surface area contributed by atoms with Crippen LogP contribution in [0.1, 0.15) is 0 Å². The number of anilines is 1. The summed E-state index contributed by atoms with van der Waals surface area (Å²) >= 11 is 5.93. The zero-order valence-corrected chi connectivity index (χ0v) is 17.5. The molecule has 0 saturated carbocycles. The summed E-state index contributed by atoms with van der Waals surface area (Å²) in [5, 5.41) is 6.57. The lowest BCUT2D eigenvalue weighted by atomic mass is 10.2. The molecule has 0 radical (unpaired) electrons. The maximum Gasteiger partial charge on any atom is 0.259 e. The van der Waals surface area contributed by atoms with Crippen molar-refractivity contribution in [1.29, 1.82) is 0 Å². The second kappa shape index (κ2) is 9.03. The average Bonchev–Trinajstić information content (AvgIpc) is 3.27. The summed E-state index contributed by atoms with van der Waals surface area (Å²) in [6.07, 6.45) is 1.44. The predicted molar refractivity (Wildman–Crippen MR) is 116 cm³/mol. The van der Waals surface area contributed by atoms with Crippen LogP contribution in [0.25, 0.3) is 22.8 Å². The zero-order valence-electron chi connectivity index (χ0n) is 16.7. The molecule has 10 heteroatoms. The van der Waals surface area contributed by atoms with E-state index in [2.05, 4.69) is 15.5 Å². The molecule has 0 aliphatic rings. The summed E-state index contributed by atoms with van der Waals surface area (Å²) in [6.45, 7) is -0.292. The maximum absolute atomic E-state index is 13.2. The van der Waals surface area contributed by atoms with Gasteiger partial charge in [0.25, 0.3) is 11.4 Å². The highest BCUT2D eigenvalue weighted by atomic mass is 35.5. The third kappa shape index (κ3) is 4.68. The number of pyridine rings is 1. The van der Waals surface area contributed by atoms with Crippen molar-refractivity contribution in [3.05, 3.63) is 82.0 Å². The molecule has 4 aromatic rings. The number of amides is 1. The number of halogens is 2. The zero-order chi connectivity index (χ0) is 22.7. The van der Waals surface area contributed by atoms with Crippen LogP contribution < -0.4 is 15.6 Å². The van der Waals surface area contributed by atoms with Crippen LogP contribution in [0.3, 0.4) is 0 Å². The lowest BCUT2D eigenvalue weighted by Gasteiger charge is -2.09. The van der Waals surface area contributed by atoms with Crippen LogP contribution in [0.15, 0.2) is 70.1 Å². The van der Waals surface area contributed by atoms with Gasteiger partial charge in [0.15, 0.2) is 0 Å². The Balaban J connectivity index is 1.53. The van der Waals surface area contributed by atoms with E-state index in [0.29, 0.717) is 17.1 Å². The van der Waals surface area contributed by atoms with Gasteiger partial charge in [0.2, 0.25) is 11.7 Å². The Morgan fingerprint density at radius 1 is 1.16 bits per heavy atom. The number of rotatable bonds is 6. The van der Waals surface area contributed by atoms with E-state index in [1.54, 1.807) is 31.4 Å². The summed E-state index contributed by atoms with van der Waals surface area (Å²) in [4.78, 5) is 28.9. The number of ether oxygens (including phenoxy) is 1. The molecule has 0 atom stereocenters. The van der Waals surface area contributed by atoms with Gasteiger partial charge in [0, 0.05) is 17.8 Å². The molecule has 4 rings (SSSR count). The van der Waals surface area contributed by atoms with Gasteiger partial charge >= 0.3 is 0 Å². The van der Waals surface area contributed by atoms with Crippen molar-refractivity contribution in [2.75, 3.05) is 12.4 Å². The first kappa shape index (κ1) is 21.3. The molecule has 2 aromatic carbocycles. The fourth-order valence-electron chi connectivity index (χ4n) is 2.91. The molecule has 1 amide bonds. The molecule has 2 heterocycles. The number of nitrogens with zero attached hydrogens (tertiary/aromatic N) is 3. The van der Waals surface area contributed by atoms with Crippen LogP contribution in [0, 0.1) is 5.82 Å². The molecule has 8 nitrogen and oxygen atoms in total. The number of nitrogens with one attached hydrogen (secondary N) is 1. The van der Waals surface area contributed by atoms with Gasteiger partial charge in [-0.3, -0.25) is 9.59 Å². The fraction of sp³-hybridized carbons (Fsp3) is 0.0909. The molecule has 162 valence electrons. The molecule has 2 aromatic heterocycles. The number of hydrogen-bond acceptors (Lipinski definition) is 6. The maximum atomic E-state index is 13.2. The van der Waals surface area contributed by atoms with Crippen molar-refractivity contribution in [2.24, 2.45) is 0 Å². The van der Waals surface area contributed by atoms with E-state index in [4.69, 9.17) is 20.9 Å². The average molecular weight is 455 g/mol. The number of methoxy groups -OCH3 is 1. The minimum absolute atomic E-state index is 0.0522. The van der Waals surface area contributed by atoms with Crippen LogP contribution in [-0.4, -0.2) is 27.7 Å². The van der Waals surface area contributed by atoms with E-state index < -0.39 is 17.3 Å². The SMILES string of the molecule is COc1ccc(-c2noc(-c3ccc(=O)n(CC(=O)Nc4ccc(F)cc4Cl)c3)n2)cc1. The van der Waals surface area contributed by atoms with E-state index >= 15 is 0 Å². The number of benzene rings is 2. The Morgan fingerprint density at radius 3 is 2.62 bits per heavy atom. The van der Waals surface area contributed by atoms with Gasteiger partial charge in [-0.25, -0.2) is 4.39 Å². The quantitative estimate of drug-likeness (QED) is 0.472. The van der Waals surface area contributed by atoms with E-state index in [9.17, 15) is 14.0 Å². The van der Waals surface area contributed by atoms with Gasteiger partial charge in [-0.2, -0.15) is 4.98 Å². The first-order valence-corrected chi connectivity index (χ1v) is 9.74. The van der Waals surface area contributed by atoms with Crippen LogP contribution >= 0.6 is 11.6 Å². The van der Waals surface area contributed by atoms with Crippen molar-refractivity contribution in [1.82, 2.24) is 14.7 Å². The van der Waals surface area contributed by atoms with Crippen LogP contribution in [0.4, 0.5) is 10.1 Å². The molecule has 0 fully saturated rings. The first-order valence-electron chi connectivity index (χ1n) is 9.37. The number of carbonyl (C=O) groups is 1. The summed E-state index contributed by atoms with van der Waals surface area (Å²) in [5.41, 5.74) is 1.03. The van der Waals surface area contributed by atoms with Crippen molar-refractivity contribution < 1.29 is 18.4 Å². The highest BCUT2D eigenvalue weighted by molar-refractivity contribution is 6.33. The molecule has 0 spiro atoms. The van der Waals surface area contributed by atoms with Crippen molar-refractivity contribution in [3.8, 4) is 28.6 Å². The monoisotopic (exact) mass is 454 g/mol. The second-order valence-electron chi connectivity index (χ2n) is 6.71. The lowest BCUT2D eigenvalue weighted by molar-refractivity contribution is -0.116. The van der Waals surface area contributed by atoms with E-state index in [1.807, 2.05) is 0 Å². The minimum atomic E-state index is -0.523. The molecular weight excluding hydrogens is 439 g/mol. The number of aromatic nitrogens is 3. The van der Waals surface area contributed by atoms with Gasteiger partial charge in [0.05, 0.1) is 23.4 Å². The largest absolute Gasteiger partial charge is 0.497 e. The summed E-state index contributed by atoms with van der Waals surface area (Å²) in [6, 6.07) is 13.6. The highest BCUT2D eigenvalue weighted by Crippen LogP contribution is 2.24. The van der Waals surface area contributed by atoms with Gasteiger partial charge in [-0.15, -0.1) is 0 Å². The highest BCUT2D eigenvalue weighted by Gasteiger charge is 2.14. The number of carbonyl (C=O) groups excluding carboxylic acids is 1. The smallest absolute Gasteiger partial charge is 0.259 e. The molecule has 32 heavy (non-hydrogen) atoms. The molecule has 0 aliphatic heterocycles. The Hall–Kier alpha value is -3.98. The Morgan fingerprint density at radius 2 is 1.91 bits per heavy atom. The van der Waals surface area contributed by atoms with Crippen molar-refractivity contribution in [3.63, 3.8) is 0 Å². The summed E-state index contributed by atoms with van der Waals surface area (Å²) in [7, 11) is 1.57. The van der Waals surface area contributed by atoms with Crippen molar-refractivity contribution in [2.45, 2.75) is 6.54 Å². The fourth-order valence-corrected chi connectivity index (χ4v) is 3.13. The molecular formula is C22H16ClFN4O4. The Bertz CT molecular complexity index is 1330. The second-order valence-corrected chi connectivity index (χ2v) is 7.12. The van der Waals surface area contributed by atoms with E-state index in [-0.39, 0.29) is 23.1 Å². The summed E-state index contributed by atoms with van der Waals surface area (Å²) in [5.74, 6) is 0.216. The van der Waals surface area contributed by atoms with Gasteiger partial charge in [-0.05, 0) is 48.5 Å². The summed E-state index contributed by atoms with van der Waals surface area (Å²) < 4.78 is 24.8. The lowest BCUT2D eigenvalue weighted by Crippen LogP contribution is -2.27. The first-order chi connectivity index (χ1) is 15.4.